The van der Waals surface area contributed by atoms with Gasteiger partial charge in [0.15, 0.2) is 6.04 Å². The van der Waals surface area contributed by atoms with E-state index in [9.17, 15) is 4.79 Å². The standard InChI is InChI=1S/C27H30Cl2N6O/c1-2-20-15-34-21(13-19-5-3-4-6-22(19)28)16-35(25(26(30)36)27(34)32-20)33-24-8-7-18(14-23(24)29)17-9-11-31-12-10-17/h3-8,14-17,25,31,33H,2,9-13H2,1H3,(H2,30,36). The number of fused-ring (bicyclic) bond motifs is 1. The predicted molar refractivity (Wildman–Crippen MR) is 145 cm³/mol. The van der Waals surface area contributed by atoms with Crippen LogP contribution < -0.4 is 16.5 Å². The zero-order chi connectivity index (χ0) is 25.2. The minimum Gasteiger partial charge on any atom is -0.367 e. The molecule has 7 nitrogen and oxygen atoms in total. The molecule has 1 atom stereocenters. The number of piperidine rings is 1. The highest BCUT2D eigenvalue weighted by Crippen LogP contribution is 2.35. The molecule has 2 aliphatic heterocycles. The number of hydrogen-bond acceptors (Lipinski definition) is 5. The van der Waals surface area contributed by atoms with E-state index in [4.69, 9.17) is 33.9 Å². The van der Waals surface area contributed by atoms with E-state index in [1.165, 1.54) is 5.56 Å². The van der Waals surface area contributed by atoms with Crippen LogP contribution in [0.15, 0.2) is 54.9 Å². The Hall–Kier alpha value is -3.00. The maximum Gasteiger partial charge on any atom is 0.250 e. The van der Waals surface area contributed by atoms with Crippen LogP contribution in [0.25, 0.3) is 5.70 Å². The number of hydrazine groups is 1. The van der Waals surface area contributed by atoms with Crippen molar-refractivity contribution in [2.45, 2.75) is 44.6 Å². The lowest BCUT2D eigenvalue weighted by molar-refractivity contribution is -0.122. The molecule has 1 unspecified atom stereocenters. The van der Waals surface area contributed by atoms with Crippen molar-refractivity contribution in [1.29, 1.82) is 0 Å². The number of rotatable bonds is 7. The van der Waals surface area contributed by atoms with Gasteiger partial charge in [-0.1, -0.05) is 54.4 Å². The molecule has 1 fully saturated rings. The normalized spacial score (nSPS) is 18.0. The van der Waals surface area contributed by atoms with Crippen LogP contribution in [-0.4, -0.2) is 33.6 Å². The average Bonchev–Trinajstić information content (AvgIpc) is 3.31. The van der Waals surface area contributed by atoms with Gasteiger partial charge in [-0.25, -0.2) is 4.98 Å². The van der Waals surface area contributed by atoms with E-state index < -0.39 is 11.9 Å². The van der Waals surface area contributed by atoms with Gasteiger partial charge in [0.05, 0.1) is 16.4 Å². The number of aromatic nitrogens is 2. The van der Waals surface area contributed by atoms with Crippen molar-refractivity contribution in [2.24, 2.45) is 5.73 Å². The number of carbonyl (C=O) groups excluding carboxylic acids is 1. The third-order valence-corrected chi connectivity index (χ3v) is 7.60. The number of nitrogens with zero attached hydrogens (tertiary/aromatic N) is 3. The Morgan fingerprint density at radius 2 is 1.94 bits per heavy atom. The predicted octanol–water partition coefficient (Wildman–Crippen LogP) is 5.13. The van der Waals surface area contributed by atoms with Gasteiger partial charge in [-0.2, -0.15) is 0 Å². The highest BCUT2D eigenvalue weighted by atomic mass is 35.5. The van der Waals surface area contributed by atoms with Crippen LogP contribution in [0.2, 0.25) is 10.0 Å². The Morgan fingerprint density at radius 1 is 1.17 bits per heavy atom. The topological polar surface area (TPSA) is 88.2 Å². The molecule has 0 spiro atoms. The number of imidazole rings is 1. The lowest BCUT2D eigenvalue weighted by atomic mass is 9.90. The fourth-order valence-electron chi connectivity index (χ4n) is 4.96. The summed E-state index contributed by atoms with van der Waals surface area (Å²) < 4.78 is 1.96. The van der Waals surface area contributed by atoms with Crippen LogP contribution in [0.5, 0.6) is 0 Å². The first-order valence-electron chi connectivity index (χ1n) is 12.3. The molecule has 0 bridgehead atoms. The average molecular weight is 525 g/mol. The largest absolute Gasteiger partial charge is 0.367 e. The van der Waals surface area contributed by atoms with Crippen molar-refractivity contribution in [3.05, 3.63) is 87.6 Å². The molecule has 4 N–H and O–H groups in total. The Kier molecular flexibility index (Phi) is 7.23. The highest BCUT2D eigenvalue weighted by Gasteiger charge is 2.34. The van der Waals surface area contributed by atoms with Gasteiger partial charge in [0, 0.05) is 29.5 Å². The third kappa shape index (κ3) is 4.96. The molecule has 9 heteroatoms. The monoisotopic (exact) mass is 524 g/mol. The summed E-state index contributed by atoms with van der Waals surface area (Å²) in [6.07, 6.45) is 7.33. The van der Waals surface area contributed by atoms with Crippen LogP contribution >= 0.6 is 23.2 Å². The summed E-state index contributed by atoms with van der Waals surface area (Å²) >= 11 is 13.2. The summed E-state index contributed by atoms with van der Waals surface area (Å²) in [5, 5.41) is 6.39. The van der Waals surface area contributed by atoms with Gasteiger partial charge < -0.3 is 15.6 Å². The summed E-state index contributed by atoms with van der Waals surface area (Å²) in [4.78, 5) is 17.4. The second-order valence-electron chi connectivity index (χ2n) is 9.29. The molecule has 0 aliphatic carbocycles. The number of hydrogen-bond donors (Lipinski definition) is 3. The van der Waals surface area contributed by atoms with Crippen molar-refractivity contribution in [1.82, 2.24) is 19.9 Å². The molecule has 3 aromatic rings. The van der Waals surface area contributed by atoms with Crippen LogP contribution in [0.1, 0.15) is 54.4 Å². The van der Waals surface area contributed by atoms with Crippen LogP contribution in [-0.2, 0) is 17.6 Å². The highest BCUT2D eigenvalue weighted by molar-refractivity contribution is 6.33. The summed E-state index contributed by atoms with van der Waals surface area (Å²) in [6.45, 7) is 4.06. The van der Waals surface area contributed by atoms with Gasteiger partial charge >= 0.3 is 0 Å². The smallest absolute Gasteiger partial charge is 0.250 e. The number of anilines is 1. The van der Waals surface area contributed by atoms with E-state index in [2.05, 4.69) is 16.8 Å². The van der Waals surface area contributed by atoms with Gasteiger partial charge in [0.1, 0.15) is 5.82 Å². The number of benzene rings is 2. The molecule has 1 saturated heterocycles. The number of amides is 1. The maximum atomic E-state index is 12.7. The molecular formula is C27H30Cl2N6O. The Morgan fingerprint density at radius 3 is 2.64 bits per heavy atom. The molecule has 1 amide bonds. The molecule has 188 valence electrons. The SMILES string of the molecule is CCc1cn2c(n1)C(C(N)=O)N(Nc1ccc(C3CCNCC3)cc1Cl)C=C2Cc1ccccc1Cl. The fourth-order valence-corrected chi connectivity index (χ4v) is 5.39. The van der Waals surface area contributed by atoms with E-state index >= 15 is 0 Å². The Bertz CT molecular complexity index is 1300. The zero-order valence-electron chi connectivity index (χ0n) is 20.2. The fraction of sp³-hybridized carbons (Fsp3) is 0.333. The van der Waals surface area contributed by atoms with E-state index in [0.29, 0.717) is 33.9 Å². The van der Waals surface area contributed by atoms with Crippen molar-refractivity contribution in [3.63, 3.8) is 0 Å². The second-order valence-corrected chi connectivity index (χ2v) is 10.1. The first-order valence-corrected chi connectivity index (χ1v) is 13.1. The van der Waals surface area contributed by atoms with Gasteiger partial charge in [-0.05, 0) is 67.6 Å². The van der Waals surface area contributed by atoms with E-state index in [1.807, 2.05) is 60.3 Å². The number of allylic oxidation sites excluding steroid dienone is 1. The first-order chi connectivity index (χ1) is 17.4. The lowest BCUT2D eigenvalue weighted by Gasteiger charge is -2.35. The zero-order valence-corrected chi connectivity index (χ0v) is 21.7. The van der Waals surface area contributed by atoms with Gasteiger partial charge in [0.2, 0.25) is 5.91 Å². The Balaban J connectivity index is 1.50. The number of nitrogens with two attached hydrogens (primary N) is 1. The first kappa shape index (κ1) is 24.7. The van der Waals surface area contributed by atoms with Crippen molar-refractivity contribution >= 4 is 40.5 Å². The molecule has 36 heavy (non-hydrogen) atoms. The maximum absolute atomic E-state index is 12.7. The van der Waals surface area contributed by atoms with Crippen LogP contribution in [0, 0.1) is 0 Å². The van der Waals surface area contributed by atoms with Crippen LogP contribution in [0.3, 0.4) is 0 Å². The lowest BCUT2D eigenvalue weighted by Crippen LogP contribution is -2.42. The number of primary amides is 1. The van der Waals surface area contributed by atoms with E-state index in [-0.39, 0.29) is 0 Å². The molecule has 2 aromatic carbocycles. The summed E-state index contributed by atoms with van der Waals surface area (Å²) in [7, 11) is 0. The molecule has 1 aromatic heterocycles. The summed E-state index contributed by atoms with van der Waals surface area (Å²) in [5.74, 6) is 0.555. The number of aryl methyl sites for hydroxylation is 1. The minimum atomic E-state index is -0.805. The number of halogens is 2. The van der Waals surface area contributed by atoms with Gasteiger partial charge in [0.25, 0.3) is 0 Å². The van der Waals surface area contributed by atoms with Crippen molar-refractivity contribution in [2.75, 3.05) is 18.5 Å². The molecule has 3 heterocycles. The molecule has 0 radical (unpaired) electrons. The third-order valence-electron chi connectivity index (χ3n) is 6.92. The van der Waals surface area contributed by atoms with Crippen LogP contribution in [0.4, 0.5) is 5.69 Å². The number of carbonyl (C=O) groups is 1. The Labute approximate surface area is 221 Å². The van der Waals surface area contributed by atoms with Gasteiger partial charge in [-0.3, -0.25) is 15.2 Å². The molecule has 0 saturated carbocycles. The second kappa shape index (κ2) is 10.5. The summed E-state index contributed by atoms with van der Waals surface area (Å²) in [6, 6.07) is 13.0. The molecule has 2 aliphatic rings. The van der Waals surface area contributed by atoms with Crippen molar-refractivity contribution in [3.8, 4) is 0 Å². The van der Waals surface area contributed by atoms with E-state index in [0.717, 1.165) is 49.3 Å². The number of nitrogens with one attached hydrogen (secondary N) is 2. The molecular weight excluding hydrogens is 495 g/mol. The van der Waals surface area contributed by atoms with Gasteiger partial charge in [-0.15, -0.1) is 0 Å². The quantitative estimate of drug-likeness (QED) is 0.398. The molecule has 5 rings (SSSR count). The van der Waals surface area contributed by atoms with E-state index in [1.54, 1.807) is 5.01 Å². The van der Waals surface area contributed by atoms with Crippen molar-refractivity contribution < 1.29 is 4.79 Å². The summed E-state index contributed by atoms with van der Waals surface area (Å²) in [5.41, 5.74) is 13.9. The minimum absolute atomic E-state index is 0.494.